The van der Waals surface area contributed by atoms with E-state index < -0.39 is 6.04 Å². The fourth-order valence-electron chi connectivity index (χ4n) is 5.71. The normalized spacial score (nSPS) is 19.0. The molecule has 4 nitrogen and oxygen atoms in total. The Bertz CT molecular complexity index is 1130. The maximum absolute atomic E-state index is 15.0. The minimum Gasteiger partial charge on any atom is -0.352 e. The molecule has 2 saturated carbocycles. The van der Waals surface area contributed by atoms with E-state index in [2.05, 4.69) is 5.32 Å². The second-order valence-corrected chi connectivity index (χ2v) is 10.0. The van der Waals surface area contributed by atoms with Gasteiger partial charge in [0.25, 0.3) is 0 Å². The molecular formula is C27H31ClFN3O. The van der Waals surface area contributed by atoms with Crippen LogP contribution in [0, 0.1) is 11.7 Å². The van der Waals surface area contributed by atoms with Crippen LogP contribution in [-0.2, 0) is 4.79 Å². The fraction of sp³-hybridized carbons (Fsp3) is 0.481. The standard InChI is InChI=1S/C27H31ClFN3O/c28-19-15-16-22(29)21(17-19)26-31-23-13-7-8-14-24(23)32(26)25(18-9-3-1-4-10-18)27(33)30-20-11-5-2-6-12-20/h7-8,13-18,20,25H,1-6,9-12H2,(H,30,33)/t25-/m0/s1. The number of nitrogens with one attached hydrogen (secondary N) is 1. The number of para-hydroxylation sites is 2. The quantitative estimate of drug-likeness (QED) is 0.436. The van der Waals surface area contributed by atoms with Gasteiger partial charge < -0.3 is 9.88 Å². The molecule has 1 N–H and O–H groups in total. The van der Waals surface area contributed by atoms with Gasteiger partial charge in [0.1, 0.15) is 17.7 Å². The number of benzene rings is 2. The highest BCUT2D eigenvalue weighted by Gasteiger charge is 2.35. The highest BCUT2D eigenvalue weighted by atomic mass is 35.5. The highest BCUT2D eigenvalue weighted by Crippen LogP contribution is 2.39. The molecule has 1 heterocycles. The lowest BCUT2D eigenvalue weighted by atomic mass is 9.82. The summed E-state index contributed by atoms with van der Waals surface area (Å²) in [6.45, 7) is 0. The van der Waals surface area contributed by atoms with E-state index in [1.54, 1.807) is 12.1 Å². The maximum atomic E-state index is 15.0. The lowest BCUT2D eigenvalue weighted by Gasteiger charge is -2.33. The molecule has 0 aliphatic heterocycles. The van der Waals surface area contributed by atoms with Crippen molar-refractivity contribution in [3.05, 3.63) is 53.3 Å². The first-order chi connectivity index (χ1) is 16.1. The van der Waals surface area contributed by atoms with E-state index in [9.17, 15) is 4.79 Å². The van der Waals surface area contributed by atoms with E-state index in [4.69, 9.17) is 16.6 Å². The van der Waals surface area contributed by atoms with E-state index >= 15 is 4.39 Å². The zero-order valence-corrected chi connectivity index (χ0v) is 19.7. The Morgan fingerprint density at radius 2 is 1.70 bits per heavy atom. The fourth-order valence-corrected chi connectivity index (χ4v) is 5.88. The molecule has 1 atom stereocenters. The molecular weight excluding hydrogens is 437 g/mol. The topological polar surface area (TPSA) is 46.9 Å². The molecule has 174 valence electrons. The van der Waals surface area contributed by atoms with Crippen LogP contribution in [0.4, 0.5) is 4.39 Å². The minimum atomic E-state index is -0.423. The number of carbonyl (C=O) groups is 1. The molecule has 0 spiro atoms. The summed E-state index contributed by atoms with van der Waals surface area (Å²) in [5, 5.41) is 3.82. The number of fused-ring (bicyclic) bond motifs is 1. The summed E-state index contributed by atoms with van der Waals surface area (Å²) < 4.78 is 17.0. The smallest absolute Gasteiger partial charge is 0.243 e. The molecule has 1 aromatic heterocycles. The number of carbonyl (C=O) groups excluding carboxylic acids is 1. The molecule has 2 aromatic carbocycles. The third-order valence-electron chi connectivity index (χ3n) is 7.36. The van der Waals surface area contributed by atoms with Crippen LogP contribution in [-0.4, -0.2) is 21.5 Å². The molecule has 2 aliphatic carbocycles. The van der Waals surface area contributed by atoms with Crippen LogP contribution in [0.1, 0.15) is 70.3 Å². The second-order valence-electron chi connectivity index (χ2n) is 9.60. The monoisotopic (exact) mass is 467 g/mol. The van der Waals surface area contributed by atoms with E-state index in [0.717, 1.165) is 62.4 Å². The SMILES string of the molecule is O=C(NC1CCCCC1)[C@H](C1CCCCC1)n1c(-c2cc(Cl)ccc2F)nc2ccccc21. The number of hydrogen-bond acceptors (Lipinski definition) is 2. The van der Waals surface area contributed by atoms with Crippen molar-refractivity contribution in [3.63, 3.8) is 0 Å². The first kappa shape index (κ1) is 22.4. The van der Waals surface area contributed by atoms with Crippen molar-refractivity contribution in [3.8, 4) is 11.4 Å². The average molecular weight is 468 g/mol. The largest absolute Gasteiger partial charge is 0.352 e. The van der Waals surface area contributed by atoms with E-state index in [0.29, 0.717) is 16.4 Å². The summed E-state index contributed by atoms with van der Waals surface area (Å²) in [6.07, 6.45) is 11.0. The first-order valence-electron chi connectivity index (χ1n) is 12.3. The van der Waals surface area contributed by atoms with Gasteiger partial charge in [-0.3, -0.25) is 4.79 Å². The van der Waals surface area contributed by atoms with Crippen molar-refractivity contribution in [1.82, 2.24) is 14.9 Å². The first-order valence-corrected chi connectivity index (χ1v) is 12.7. The lowest BCUT2D eigenvalue weighted by Crippen LogP contribution is -2.43. The Morgan fingerprint density at radius 3 is 2.45 bits per heavy atom. The number of aromatic nitrogens is 2. The zero-order valence-electron chi connectivity index (χ0n) is 18.9. The van der Waals surface area contributed by atoms with Gasteiger partial charge in [0.05, 0.1) is 16.6 Å². The summed E-state index contributed by atoms with van der Waals surface area (Å²) >= 11 is 6.25. The molecule has 0 radical (unpaired) electrons. The molecule has 5 rings (SSSR count). The van der Waals surface area contributed by atoms with Crippen molar-refractivity contribution >= 4 is 28.5 Å². The summed E-state index contributed by atoms with van der Waals surface area (Å²) in [4.78, 5) is 18.7. The third kappa shape index (κ3) is 4.65. The third-order valence-corrected chi connectivity index (χ3v) is 7.59. The van der Waals surface area contributed by atoms with Crippen molar-refractivity contribution < 1.29 is 9.18 Å². The predicted molar refractivity (Wildman–Crippen MR) is 131 cm³/mol. The Balaban J connectivity index is 1.64. The molecule has 0 bridgehead atoms. The van der Waals surface area contributed by atoms with E-state index in [-0.39, 0.29) is 23.7 Å². The van der Waals surface area contributed by atoms with Crippen molar-refractivity contribution in [2.75, 3.05) is 0 Å². The van der Waals surface area contributed by atoms with Crippen LogP contribution in [0.5, 0.6) is 0 Å². The van der Waals surface area contributed by atoms with Gasteiger partial charge in [-0.15, -0.1) is 0 Å². The second kappa shape index (κ2) is 9.84. The molecule has 0 unspecified atom stereocenters. The molecule has 6 heteroatoms. The highest BCUT2D eigenvalue weighted by molar-refractivity contribution is 6.30. The molecule has 1 amide bonds. The Morgan fingerprint density at radius 1 is 1.00 bits per heavy atom. The zero-order chi connectivity index (χ0) is 22.8. The maximum Gasteiger partial charge on any atom is 0.243 e. The van der Waals surface area contributed by atoms with Gasteiger partial charge >= 0.3 is 0 Å². The summed E-state index contributed by atoms with van der Waals surface area (Å²) in [7, 11) is 0. The summed E-state index contributed by atoms with van der Waals surface area (Å²) in [5.74, 6) is 0.332. The van der Waals surface area contributed by atoms with Crippen LogP contribution in [0.15, 0.2) is 42.5 Å². The number of imidazole rings is 1. The average Bonchev–Trinajstić information content (AvgIpc) is 3.21. The molecule has 3 aromatic rings. The van der Waals surface area contributed by atoms with Gasteiger partial charge in [-0.2, -0.15) is 0 Å². The van der Waals surface area contributed by atoms with Gasteiger partial charge in [-0.25, -0.2) is 9.37 Å². The van der Waals surface area contributed by atoms with Gasteiger partial charge in [0.2, 0.25) is 5.91 Å². The van der Waals surface area contributed by atoms with Gasteiger partial charge in [-0.1, -0.05) is 62.3 Å². The Hall–Kier alpha value is -2.40. The Labute approximate surface area is 199 Å². The van der Waals surface area contributed by atoms with Gasteiger partial charge in [-0.05, 0) is 61.9 Å². The van der Waals surface area contributed by atoms with Crippen LogP contribution in [0.2, 0.25) is 5.02 Å². The van der Waals surface area contributed by atoms with Crippen molar-refractivity contribution in [2.24, 2.45) is 5.92 Å². The number of hydrogen-bond donors (Lipinski definition) is 1. The number of amides is 1. The molecule has 0 saturated heterocycles. The number of halogens is 2. The van der Waals surface area contributed by atoms with Gasteiger partial charge in [0.15, 0.2) is 0 Å². The Kier molecular flexibility index (Phi) is 6.68. The number of nitrogens with zero attached hydrogens (tertiary/aromatic N) is 2. The van der Waals surface area contributed by atoms with E-state index in [1.165, 1.54) is 18.9 Å². The number of rotatable bonds is 5. The lowest BCUT2D eigenvalue weighted by molar-refractivity contribution is -0.127. The minimum absolute atomic E-state index is 0.0423. The van der Waals surface area contributed by atoms with Crippen LogP contribution < -0.4 is 5.32 Å². The molecule has 2 aliphatic rings. The van der Waals surface area contributed by atoms with Crippen LogP contribution in [0.3, 0.4) is 0 Å². The van der Waals surface area contributed by atoms with Crippen molar-refractivity contribution in [2.45, 2.75) is 76.3 Å². The van der Waals surface area contributed by atoms with E-state index in [1.807, 2.05) is 28.8 Å². The van der Waals surface area contributed by atoms with Gasteiger partial charge in [0, 0.05) is 11.1 Å². The predicted octanol–water partition coefficient (Wildman–Crippen LogP) is 7.07. The van der Waals surface area contributed by atoms with Crippen LogP contribution >= 0.6 is 11.6 Å². The summed E-state index contributed by atoms with van der Waals surface area (Å²) in [6, 6.07) is 12.1. The van der Waals surface area contributed by atoms with Crippen LogP contribution in [0.25, 0.3) is 22.4 Å². The van der Waals surface area contributed by atoms with Crippen molar-refractivity contribution in [1.29, 1.82) is 0 Å². The molecule has 33 heavy (non-hydrogen) atoms. The summed E-state index contributed by atoms with van der Waals surface area (Å²) in [5.41, 5.74) is 1.96. The molecule has 2 fully saturated rings.